The van der Waals surface area contributed by atoms with Crippen molar-refractivity contribution in [1.29, 1.82) is 0 Å². The summed E-state index contributed by atoms with van der Waals surface area (Å²) >= 11 is 0. The van der Waals surface area contributed by atoms with E-state index in [-0.39, 0.29) is 0 Å². The molecule has 0 unspecified atom stereocenters. The fourth-order valence-corrected chi connectivity index (χ4v) is 1.76. The van der Waals surface area contributed by atoms with Crippen molar-refractivity contribution in [2.75, 3.05) is 0 Å². The third kappa shape index (κ3) is 1.53. The molecule has 0 aliphatic carbocycles. The van der Waals surface area contributed by atoms with Crippen LogP contribution >= 0.6 is 0 Å². The van der Waals surface area contributed by atoms with E-state index in [0.29, 0.717) is 39.9 Å². The maximum Gasteiger partial charge on any atom is 0.266 e. The average Bonchev–Trinajstić information content (AvgIpc) is 2.99. The first kappa shape index (κ1) is 10.1. The minimum Gasteiger partial charge on any atom is -0.421 e. The highest BCUT2D eigenvalue weighted by molar-refractivity contribution is 5.74. The standard InChI is InChI=1S/C11H6N6O2/c1-5-14-6-2-7(16-17-11(6)18-5)10-15-8-3-12-4-13-9(8)19-10/h2-4H,1H3. The molecule has 0 bridgehead atoms. The predicted octanol–water partition coefficient (Wildman–Crippen LogP) is 1.52. The van der Waals surface area contributed by atoms with Crippen molar-refractivity contribution >= 4 is 22.5 Å². The topological polar surface area (TPSA) is 104 Å². The summed E-state index contributed by atoms with van der Waals surface area (Å²) in [5, 5.41) is 7.93. The molecule has 0 saturated carbocycles. The van der Waals surface area contributed by atoms with Crippen molar-refractivity contribution in [2.24, 2.45) is 0 Å². The summed E-state index contributed by atoms with van der Waals surface area (Å²) in [5.74, 6) is 0.857. The third-order valence-electron chi connectivity index (χ3n) is 2.56. The monoisotopic (exact) mass is 254 g/mol. The van der Waals surface area contributed by atoms with E-state index in [2.05, 4.69) is 30.1 Å². The van der Waals surface area contributed by atoms with Crippen LogP contribution in [0.3, 0.4) is 0 Å². The molecule has 8 nitrogen and oxygen atoms in total. The van der Waals surface area contributed by atoms with E-state index in [1.807, 2.05) is 0 Å². The Balaban J connectivity index is 1.92. The van der Waals surface area contributed by atoms with Gasteiger partial charge in [-0.25, -0.2) is 15.0 Å². The lowest BCUT2D eigenvalue weighted by molar-refractivity contribution is 0.546. The van der Waals surface area contributed by atoms with Crippen molar-refractivity contribution in [3.05, 3.63) is 24.5 Å². The average molecular weight is 254 g/mol. The Hall–Kier alpha value is -2.90. The fourth-order valence-electron chi connectivity index (χ4n) is 1.76. The molecule has 19 heavy (non-hydrogen) atoms. The van der Waals surface area contributed by atoms with Gasteiger partial charge >= 0.3 is 0 Å². The maximum absolute atomic E-state index is 5.49. The van der Waals surface area contributed by atoms with Crippen LogP contribution in [0.25, 0.3) is 34.0 Å². The summed E-state index contributed by atoms with van der Waals surface area (Å²) in [7, 11) is 0. The SMILES string of the molecule is Cc1nc2cc(-c3nc4cncnc4o3)nnc2o1. The second-order valence-corrected chi connectivity index (χ2v) is 3.89. The van der Waals surface area contributed by atoms with Crippen LogP contribution in [-0.4, -0.2) is 30.1 Å². The molecule has 0 amide bonds. The van der Waals surface area contributed by atoms with E-state index in [1.54, 1.807) is 19.2 Å². The normalized spacial score (nSPS) is 11.4. The zero-order valence-corrected chi connectivity index (χ0v) is 9.73. The zero-order valence-electron chi connectivity index (χ0n) is 9.73. The highest BCUT2D eigenvalue weighted by Crippen LogP contribution is 2.22. The minimum atomic E-state index is 0.325. The maximum atomic E-state index is 5.49. The molecule has 0 spiro atoms. The van der Waals surface area contributed by atoms with Gasteiger partial charge in [0.15, 0.2) is 11.6 Å². The van der Waals surface area contributed by atoms with Gasteiger partial charge in [-0.05, 0) is 0 Å². The van der Waals surface area contributed by atoms with Gasteiger partial charge in [-0.2, -0.15) is 4.98 Å². The summed E-state index contributed by atoms with van der Waals surface area (Å²) in [5.41, 5.74) is 2.44. The zero-order chi connectivity index (χ0) is 12.8. The molecule has 0 saturated heterocycles. The van der Waals surface area contributed by atoms with Crippen molar-refractivity contribution < 1.29 is 8.83 Å². The molecule has 0 aliphatic heterocycles. The summed E-state index contributed by atoms with van der Waals surface area (Å²) in [6, 6.07) is 1.71. The first-order valence-corrected chi connectivity index (χ1v) is 5.47. The molecule has 0 N–H and O–H groups in total. The highest BCUT2D eigenvalue weighted by atomic mass is 16.4. The lowest BCUT2D eigenvalue weighted by Gasteiger charge is -1.90. The first-order chi connectivity index (χ1) is 9.29. The van der Waals surface area contributed by atoms with E-state index in [0.717, 1.165) is 0 Å². The van der Waals surface area contributed by atoms with Gasteiger partial charge in [-0.15, -0.1) is 10.2 Å². The predicted molar refractivity (Wildman–Crippen MR) is 62.9 cm³/mol. The van der Waals surface area contributed by atoms with Crippen molar-refractivity contribution in [3.8, 4) is 11.6 Å². The molecule has 92 valence electrons. The lowest BCUT2D eigenvalue weighted by atomic mass is 10.3. The van der Waals surface area contributed by atoms with Crippen molar-refractivity contribution in [2.45, 2.75) is 6.92 Å². The van der Waals surface area contributed by atoms with Crippen LogP contribution in [0, 0.1) is 6.92 Å². The molecule has 4 aromatic heterocycles. The Kier molecular flexibility index (Phi) is 1.88. The number of fused-ring (bicyclic) bond motifs is 2. The molecule has 0 aromatic carbocycles. The molecule has 4 aromatic rings. The Morgan fingerprint density at radius 3 is 2.84 bits per heavy atom. The van der Waals surface area contributed by atoms with Gasteiger partial charge < -0.3 is 8.83 Å². The second kappa shape index (κ2) is 3.55. The summed E-state index contributed by atoms with van der Waals surface area (Å²) in [6.45, 7) is 1.75. The fraction of sp³-hybridized carbons (Fsp3) is 0.0909. The molecule has 8 heteroatoms. The van der Waals surface area contributed by atoms with E-state index >= 15 is 0 Å². The van der Waals surface area contributed by atoms with Gasteiger partial charge in [0, 0.05) is 13.0 Å². The minimum absolute atomic E-state index is 0.325. The summed E-state index contributed by atoms with van der Waals surface area (Å²) in [4.78, 5) is 16.3. The number of oxazole rings is 2. The molecule has 0 radical (unpaired) electrons. The van der Waals surface area contributed by atoms with Gasteiger partial charge in [0.1, 0.15) is 17.4 Å². The Bertz CT molecular complexity index is 863. The highest BCUT2D eigenvalue weighted by Gasteiger charge is 2.13. The largest absolute Gasteiger partial charge is 0.421 e. The number of hydrogen-bond donors (Lipinski definition) is 0. The molecule has 0 aliphatic rings. The van der Waals surface area contributed by atoms with Crippen LogP contribution in [-0.2, 0) is 0 Å². The van der Waals surface area contributed by atoms with E-state index < -0.39 is 0 Å². The summed E-state index contributed by atoms with van der Waals surface area (Å²) in [6.07, 6.45) is 2.97. The van der Waals surface area contributed by atoms with Gasteiger partial charge in [0.05, 0.1) is 6.20 Å². The van der Waals surface area contributed by atoms with Gasteiger partial charge in [0.25, 0.3) is 11.4 Å². The number of nitrogens with zero attached hydrogens (tertiary/aromatic N) is 6. The van der Waals surface area contributed by atoms with Gasteiger partial charge in [-0.3, -0.25) is 0 Å². The second-order valence-electron chi connectivity index (χ2n) is 3.89. The molecular weight excluding hydrogens is 248 g/mol. The molecule has 0 fully saturated rings. The molecule has 0 atom stereocenters. The van der Waals surface area contributed by atoms with E-state index in [9.17, 15) is 0 Å². The van der Waals surface area contributed by atoms with Gasteiger partial charge in [-0.1, -0.05) is 0 Å². The number of aromatic nitrogens is 6. The van der Waals surface area contributed by atoms with Crippen molar-refractivity contribution in [3.63, 3.8) is 0 Å². The number of rotatable bonds is 1. The number of hydrogen-bond acceptors (Lipinski definition) is 8. The van der Waals surface area contributed by atoms with Gasteiger partial charge in [0.2, 0.25) is 5.89 Å². The van der Waals surface area contributed by atoms with E-state index in [4.69, 9.17) is 8.83 Å². The van der Waals surface area contributed by atoms with Crippen LogP contribution in [0.5, 0.6) is 0 Å². The van der Waals surface area contributed by atoms with Crippen LogP contribution in [0.1, 0.15) is 5.89 Å². The quantitative estimate of drug-likeness (QED) is 0.503. The first-order valence-electron chi connectivity index (χ1n) is 5.47. The third-order valence-corrected chi connectivity index (χ3v) is 2.56. The number of aryl methyl sites for hydroxylation is 1. The molecular formula is C11H6N6O2. The van der Waals surface area contributed by atoms with Crippen LogP contribution < -0.4 is 0 Å². The van der Waals surface area contributed by atoms with Crippen LogP contribution in [0.15, 0.2) is 27.4 Å². The van der Waals surface area contributed by atoms with E-state index in [1.165, 1.54) is 6.33 Å². The Morgan fingerprint density at radius 2 is 1.95 bits per heavy atom. The smallest absolute Gasteiger partial charge is 0.266 e. The molecule has 4 rings (SSSR count). The van der Waals surface area contributed by atoms with Crippen LogP contribution in [0.4, 0.5) is 0 Å². The van der Waals surface area contributed by atoms with Crippen LogP contribution in [0.2, 0.25) is 0 Å². The molecule has 4 heterocycles. The Labute approximate surface area is 105 Å². The summed E-state index contributed by atoms with van der Waals surface area (Å²) < 4.78 is 10.7. The Morgan fingerprint density at radius 1 is 1.00 bits per heavy atom. The van der Waals surface area contributed by atoms with Crippen molar-refractivity contribution in [1.82, 2.24) is 30.1 Å². The lowest BCUT2D eigenvalue weighted by Crippen LogP contribution is -1.87.